The van der Waals surface area contributed by atoms with Gasteiger partial charge in [-0.1, -0.05) is 26.0 Å². The lowest BCUT2D eigenvalue weighted by atomic mass is 9.92. The van der Waals surface area contributed by atoms with Crippen molar-refractivity contribution in [3.05, 3.63) is 64.8 Å². The van der Waals surface area contributed by atoms with Crippen LogP contribution < -0.4 is 15.5 Å². The van der Waals surface area contributed by atoms with Crippen molar-refractivity contribution in [2.24, 2.45) is 0 Å². The van der Waals surface area contributed by atoms with E-state index in [0.717, 1.165) is 5.69 Å². The van der Waals surface area contributed by atoms with Crippen LogP contribution >= 0.6 is 7.60 Å². The fourth-order valence-electron chi connectivity index (χ4n) is 5.70. The third-order valence-electron chi connectivity index (χ3n) is 8.20. The number of carbonyl (C=O) groups is 1. The number of carbonyl (C=O) groups excluding carboxylic acids is 1. The highest BCUT2D eigenvalue weighted by atomic mass is 31.2. The van der Waals surface area contributed by atoms with Gasteiger partial charge in [-0.2, -0.15) is 18.2 Å². The molecule has 3 heterocycles. The first kappa shape index (κ1) is 30.7. The maximum absolute atomic E-state index is 14.0. The topological polar surface area (TPSA) is 151 Å². The summed E-state index contributed by atoms with van der Waals surface area (Å²) in [5.41, 5.74) is 1.47. The first-order valence-corrected chi connectivity index (χ1v) is 15.3. The number of rotatable bonds is 9. The quantitative estimate of drug-likeness (QED) is 0.208. The molecule has 0 bridgehead atoms. The number of fused-ring (bicyclic) bond motifs is 1. The summed E-state index contributed by atoms with van der Waals surface area (Å²) in [6, 6.07) is 9.44. The van der Waals surface area contributed by atoms with Crippen LogP contribution in [0.3, 0.4) is 0 Å². The minimum absolute atomic E-state index is 0.154. The smallest absolute Gasteiger partial charge is 0.389 e. The monoisotopic (exact) mass is 620 g/mol. The zero-order valence-corrected chi connectivity index (χ0v) is 24.6. The van der Waals surface area contributed by atoms with Gasteiger partial charge in [-0.3, -0.25) is 9.36 Å². The molecule has 0 saturated carbocycles. The minimum Gasteiger partial charge on any atom is -0.389 e. The van der Waals surface area contributed by atoms with Gasteiger partial charge in [0.2, 0.25) is 5.95 Å². The normalized spacial score (nSPS) is 15.9. The van der Waals surface area contributed by atoms with E-state index in [1.165, 1.54) is 11.0 Å². The number of nitrogens with zero attached hydrogens (tertiary/aromatic N) is 4. The van der Waals surface area contributed by atoms with Crippen molar-refractivity contribution < 1.29 is 37.4 Å². The second-order valence-electron chi connectivity index (χ2n) is 10.8. The number of aliphatic hydroxyl groups excluding tert-OH is 1. The van der Waals surface area contributed by atoms with Crippen LogP contribution in [0, 0.1) is 0 Å². The minimum atomic E-state index is -4.80. The van der Waals surface area contributed by atoms with Gasteiger partial charge in [-0.05, 0) is 42.7 Å². The molecule has 1 amide bonds. The highest BCUT2D eigenvalue weighted by molar-refractivity contribution is 7.53. The largest absolute Gasteiger partial charge is 0.421 e. The third kappa shape index (κ3) is 5.55. The molecule has 0 unspecified atom stereocenters. The Morgan fingerprint density at radius 2 is 1.70 bits per heavy atom. The number of aromatic nitrogens is 2. The van der Waals surface area contributed by atoms with Crippen molar-refractivity contribution in [3.63, 3.8) is 0 Å². The Hall–Kier alpha value is -3.71. The van der Waals surface area contributed by atoms with Crippen LogP contribution in [-0.4, -0.2) is 61.9 Å². The van der Waals surface area contributed by atoms with Crippen molar-refractivity contribution in [1.29, 1.82) is 0 Å². The van der Waals surface area contributed by atoms with Crippen molar-refractivity contribution in [1.82, 2.24) is 14.9 Å². The Kier molecular flexibility index (Phi) is 7.93. The van der Waals surface area contributed by atoms with E-state index in [1.807, 2.05) is 4.90 Å². The fourth-order valence-corrected chi connectivity index (χ4v) is 7.01. The summed E-state index contributed by atoms with van der Waals surface area (Å²) >= 11 is 0. The Bertz CT molecular complexity index is 1590. The number of nitrogens with one attached hydrogen (secondary N) is 2. The van der Waals surface area contributed by atoms with E-state index in [9.17, 15) is 37.4 Å². The summed E-state index contributed by atoms with van der Waals surface area (Å²) in [4.78, 5) is 44.4. The Labute approximate surface area is 245 Å². The molecule has 5 rings (SSSR count). The molecule has 0 spiro atoms. The van der Waals surface area contributed by atoms with E-state index in [4.69, 9.17) is 0 Å². The van der Waals surface area contributed by atoms with Gasteiger partial charge in [0.15, 0.2) is 0 Å². The van der Waals surface area contributed by atoms with Crippen LogP contribution in [0.25, 0.3) is 0 Å². The number of alkyl halides is 3. The van der Waals surface area contributed by atoms with Gasteiger partial charge in [0, 0.05) is 49.8 Å². The van der Waals surface area contributed by atoms with E-state index in [-0.39, 0.29) is 42.5 Å². The summed E-state index contributed by atoms with van der Waals surface area (Å²) in [6.45, 7) is 4.46. The summed E-state index contributed by atoms with van der Waals surface area (Å²) in [5.74, 6) is -1.08. The van der Waals surface area contributed by atoms with Crippen LogP contribution in [-0.2, 0) is 22.4 Å². The lowest BCUT2D eigenvalue weighted by Gasteiger charge is -2.39. The maximum Gasteiger partial charge on any atom is 0.421 e. The summed E-state index contributed by atoms with van der Waals surface area (Å²) in [6.07, 6.45) is -4.22. The molecule has 15 heteroatoms. The van der Waals surface area contributed by atoms with Crippen LogP contribution in [0.5, 0.6) is 0 Å². The highest BCUT2D eigenvalue weighted by Crippen LogP contribution is 2.61. The van der Waals surface area contributed by atoms with Gasteiger partial charge in [0.1, 0.15) is 11.4 Å². The molecular formula is C28H32F3N6O5P. The number of amides is 1. The van der Waals surface area contributed by atoms with E-state index >= 15 is 0 Å². The standard InChI is InChI=1S/C28H32F3N6O5P/c1-4-27(5-2,43(40,41)42)16-6-8-17(9-7-16)33-26-32-12-20(28(29,30)31)24(35-26)34-21-10-11-22(37-13-18(38)14-37)19-15-36(3)25(39)23(19)21/h6-12,18,38H,4-5,13-15H2,1-3H3,(H2,40,41,42)(H2,32,33,34,35). The Balaban J connectivity index is 1.47. The van der Waals surface area contributed by atoms with E-state index in [0.29, 0.717) is 36.1 Å². The number of aliphatic hydroxyl groups is 1. The fraction of sp³-hybridized carbons (Fsp3) is 0.393. The predicted octanol–water partition coefficient (Wildman–Crippen LogP) is 4.94. The zero-order valence-electron chi connectivity index (χ0n) is 23.7. The summed E-state index contributed by atoms with van der Waals surface area (Å²) < 4.78 is 54.3. The first-order valence-electron chi connectivity index (χ1n) is 13.7. The second kappa shape index (κ2) is 11.1. The molecule has 0 atom stereocenters. The average Bonchev–Trinajstić information content (AvgIpc) is 3.22. The molecule has 0 aliphatic carbocycles. The molecule has 1 saturated heterocycles. The van der Waals surface area contributed by atoms with Crippen LogP contribution in [0.15, 0.2) is 42.6 Å². The van der Waals surface area contributed by atoms with Crippen LogP contribution in [0.1, 0.15) is 53.7 Å². The molecule has 1 fully saturated rings. The maximum atomic E-state index is 14.0. The first-order chi connectivity index (χ1) is 20.2. The number of hydrogen-bond acceptors (Lipinski definition) is 8. The molecule has 2 aliphatic heterocycles. The molecule has 2 aromatic carbocycles. The predicted molar refractivity (Wildman–Crippen MR) is 155 cm³/mol. The van der Waals surface area contributed by atoms with Crippen molar-refractivity contribution in [2.45, 2.75) is 50.7 Å². The molecule has 2 aliphatic rings. The lowest BCUT2D eigenvalue weighted by molar-refractivity contribution is -0.137. The van der Waals surface area contributed by atoms with Gasteiger partial charge >= 0.3 is 13.8 Å². The molecule has 3 aromatic rings. The second-order valence-corrected chi connectivity index (χ2v) is 12.7. The highest BCUT2D eigenvalue weighted by Gasteiger charge is 2.45. The van der Waals surface area contributed by atoms with E-state index in [2.05, 4.69) is 20.6 Å². The molecule has 0 radical (unpaired) electrons. The van der Waals surface area contributed by atoms with Crippen molar-refractivity contribution in [2.75, 3.05) is 35.7 Å². The zero-order chi connectivity index (χ0) is 31.3. The average molecular weight is 621 g/mol. The van der Waals surface area contributed by atoms with Gasteiger partial charge < -0.3 is 35.3 Å². The van der Waals surface area contributed by atoms with Gasteiger partial charge in [-0.25, -0.2) is 4.98 Å². The molecule has 5 N–H and O–H groups in total. The number of β-amino-alcohol motifs (C(OH)–C–C–N with tert-alkyl or cyclic N) is 1. The van der Waals surface area contributed by atoms with Crippen molar-refractivity contribution >= 4 is 42.3 Å². The summed E-state index contributed by atoms with van der Waals surface area (Å²) in [7, 11) is -2.89. The molecular weight excluding hydrogens is 588 g/mol. The molecule has 1 aromatic heterocycles. The number of benzene rings is 2. The molecule has 11 nitrogen and oxygen atoms in total. The Morgan fingerprint density at radius 1 is 1.05 bits per heavy atom. The SMILES string of the molecule is CCC(CC)(c1ccc(Nc2ncc(C(F)(F)F)c(Nc3ccc(N4CC(O)C4)c4c3C(=O)N(C)C4)n2)cc1)P(=O)(O)O. The summed E-state index contributed by atoms with van der Waals surface area (Å²) in [5, 5.41) is 13.9. The van der Waals surface area contributed by atoms with Gasteiger partial charge in [0.25, 0.3) is 5.91 Å². The van der Waals surface area contributed by atoms with Crippen molar-refractivity contribution in [3.8, 4) is 0 Å². The number of hydrogen-bond donors (Lipinski definition) is 5. The van der Waals surface area contributed by atoms with E-state index in [1.54, 1.807) is 51.2 Å². The van der Waals surface area contributed by atoms with Gasteiger partial charge in [-0.15, -0.1) is 0 Å². The lowest BCUT2D eigenvalue weighted by Crippen LogP contribution is -2.51. The van der Waals surface area contributed by atoms with Gasteiger partial charge in [0.05, 0.1) is 22.5 Å². The molecule has 230 valence electrons. The third-order valence-corrected chi connectivity index (χ3v) is 10.2. The van der Waals surface area contributed by atoms with Crippen LogP contribution in [0.2, 0.25) is 0 Å². The number of anilines is 5. The van der Waals surface area contributed by atoms with Crippen LogP contribution in [0.4, 0.5) is 42.0 Å². The van der Waals surface area contributed by atoms with E-state index < -0.39 is 36.4 Å². The molecule has 43 heavy (non-hydrogen) atoms. The Morgan fingerprint density at radius 3 is 2.26 bits per heavy atom. The number of halogens is 3.